The Morgan fingerprint density at radius 2 is 1.96 bits per heavy atom. The van der Waals surface area contributed by atoms with Gasteiger partial charge in [0, 0.05) is 25.7 Å². The SMILES string of the molecule is CC1CC(C)(C)CC2(C1)NC(=O)N(CC(=O)N1CCNC[C@@H]1C)C2=O. The van der Waals surface area contributed by atoms with Gasteiger partial charge in [-0.2, -0.15) is 0 Å². The molecule has 0 radical (unpaired) electrons. The van der Waals surface area contributed by atoms with Crippen molar-refractivity contribution in [3.05, 3.63) is 0 Å². The van der Waals surface area contributed by atoms with Crippen LogP contribution in [0.1, 0.15) is 47.0 Å². The Morgan fingerprint density at radius 1 is 1.24 bits per heavy atom. The van der Waals surface area contributed by atoms with Crippen LogP contribution < -0.4 is 10.6 Å². The summed E-state index contributed by atoms with van der Waals surface area (Å²) in [5, 5.41) is 6.17. The van der Waals surface area contributed by atoms with Crippen LogP contribution in [0.25, 0.3) is 0 Å². The molecule has 4 amide bonds. The fourth-order valence-electron chi connectivity index (χ4n) is 5.09. The smallest absolute Gasteiger partial charge is 0.325 e. The van der Waals surface area contributed by atoms with Crippen LogP contribution in [-0.4, -0.2) is 65.4 Å². The molecule has 7 heteroatoms. The highest BCUT2D eigenvalue weighted by Crippen LogP contribution is 2.46. The van der Waals surface area contributed by atoms with Gasteiger partial charge in [-0.05, 0) is 37.5 Å². The minimum absolute atomic E-state index is 0.00627. The first-order chi connectivity index (χ1) is 11.6. The predicted molar refractivity (Wildman–Crippen MR) is 93.8 cm³/mol. The van der Waals surface area contributed by atoms with Crippen molar-refractivity contribution < 1.29 is 14.4 Å². The van der Waals surface area contributed by atoms with E-state index in [1.807, 2.05) is 6.92 Å². The van der Waals surface area contributed by atoms with E-state index in [9.17, 15) is 14.4 Å². The number of nitrogens with one attached hydrogen (secondary N) is 2. The molecular formula is C18H30N4O3. The van der Waals surface area contributed by atoms with Crippen LogP contribution in [0.15, 0.2) is 0 Å². The Labute approximate surface area is 149 Å². The second-order valence-electron chi connectivity index (χ2n) is 8.90. The molecule has 0 aromatic carbocycles. The van der Waals surface area contributed by atoms with Crippen LogP contribution in [0.3, 0.4) is 0 Å². The van der Waals surface area contributed by atoms with Gasteiger partial charge in [-0.3, -0.25) is 14.5 Å². The van der Waals surface area contributed by atoms with Crippen molar-refractivity contribution in [2.45, 2.75) is 58.5 Å². The first-order valence-corrected chi connectivity index (χ1v) is 9.28. The number of hydrogen-bond acceptors (Lipinski definition) is 4. The van der Waals surface area contributed by atoms with Crippen molar-refractivity contribution in [1.82, 2.24) is 20.4 Å². The molecule has 2 unspecified atom stereocenters. The summed E-state index contributed by atoms with van der Waals surface area (Å²) in [5.74, 6) is -0.0252. The molecule has 0 aromatic heterocycles. The zero-order valence-corrected chi connectivity index (χ0v) is 15.7. The molecule has 0 aromatic rings. The maximum atomic E-state index is 13.1. The van der Waals surface area contributed by atoms with Crippen molar-refractivity contribution in [3.8, 4) is 0 Å². The number of hydrogen-bond donors (Lipinski definition) is 2. The van der Waals surface area contributed by atoms with Gasteiger partial charge >= 0.3 is 6.03 Å². The number of nitrogens with zero attached hydrogens (tertiary/aromatic N) is 2. The number of piperazine rings is 1. The molecule has 3 aliphatic rings. The van der Waals surface area contributed by atoms with Crippen LogP contribution in [-0.2, 0) is 9.59 Å². The van der Waals surface area contributed by atoms with E-state index < -0.39 is 11.6 Å². The highest BCUT2D eigenvalue weighted by atomic mass is 16.2. The Balaban J connectivity index is 1.74. The van der Waals surface area contributed by atoms with Crippen LogP contribution in [0.2, 0.25) is 0 Å². The van der Waals surface area contributed by atoms with Crippen LogP contribution >= 0.6 is 0 Å². The van der Waals surface area contributed by atoms with Gasteiger partial charge in [-0.25, -0.2) is 4.79 Å². The van der Waals surface area contributed by atoms with E-state index in [2.05, 4.69) is 31.4 Å². The van der Waals surface area contributed by atoms with Crippen LogP contribution in [0.4, 0.5) is 4.79 Å². The molecule has 1 spiro atoms. The van der Waals surface area contributed by atoms with Crippen LogP contribution in [0.5, 0.6) is 0 Å². The van der Waals surface area contributed by atoms with E-state index in [1.54, 1.807) is 4.90 Å². The largest absolute Gasteiger partial charge is 0.336 e. The fraction of sp³-hybridized carbons (Fsp3) is 0.833. The number of rotatable bonds is 2. The molecule has 7 nitrogen and oxygen atoms in total. The quantitative estimate of drug-likeness (QED) is 0.727. The number of imide groups is 1. The average molecular weight is 350 g/mol. The molecule has 0 bridgehead atoms. The highest BCUT2D eigenvalue weighted by molar-refractivity contribution is 6.09. The lowest BCUT2D eigenvalue weighted by Crippen LogP contribution is -2.56. The summed E-state index contributed by atoms with van der Waals surface area (Å²) >= 11 is 0. The van der Waals surface area contributed by atoms with E-state index in [-0.39, 0.29) is 29.8 Å². The van der Waals surface area contributed by atoms with Gasteiger partial charge in [0.05, 0.1) is 0 Å². The zero-order valence-electron chi connectivity index (χ0n) is 15.7. The zero-order chi connectivity index (χ0) is 18.4. The minimum Gasteiger partial charge on any atom is -0.336 e. The van der Waals surface area contributed by atoms with E-state index in [4.69, 9.17) is 0 Å². The van der Waals surface area contributed by atoms with Gasteiger partial charge in [-0.15, -0.1) is 0 Å². The van der Waals surface area contributed by atoms with Crippen LogP contribution in [0, 0.1) is 11.3 Å². The lowest BCUT2D eigenvalue weighted by molar-refractivity contribution is -0.142. The third-order valence-electron chi connectivity index (χ3n) is 5.74. The molecule has 1 aliphatic carbocycles. The van der Waals surface area contributed by atoms with Crippen molar-refractivity contribution in [2.75, 3.05) is 26.2 Å². The van der Waals surface area contributed by atoms with E-state index in [0.29, 0.717) is 25.3 Å². The second-order valence-corrected chi connectivity index (χ2v) is 8.90. The van der Waals surface area contributed by atoms with Gasteiger partial charge in [0.25, 0.3) is 5.91 Å². The van der Waals surface area contributed by atoms with Gasteiger partial charge in [0.2, 0.25) is 5.91 Å². The van der Waals surface area contributed by atoms with Gasteiger partial charge < -0.3 is 15.5 Å². The minimum atomic E-state index is -0.840. The van der Waals surface area contributed by atoms with Crippen molar-refractivity contribution >= 4 is 17.8 Å². The summed E-state index contributed by atoms with van der Waals surface area (Å²) in [6.07, 6.45) is 2.31. The molecule has 3 fully saturated rings. The maximum absolute atomic E-state index is 13.1. The predicted octanol–water partition coefficient (Wildman–Crippen LogP) is 0.944. The Kier molecular flexibility index (Phi) is 4.56. The average Bonchev–Trinajstić information content (AvgIpc) is 2.69. The summed E-state index contributed by atoms with van der Waals surface area (Å²) in [5.41, 5.74) is -0.846. The molecule has 2 N–H and O–H groups in total. The summed E-state index contributed by atoms with van der Waals surface area (Å²) in [4.78, 5) is 41.1. The van der Waals surface area contributed by atoms with Crippen molar-refractivity contribution in [2.24, 2.45) is 11.3 Å². The van der Waals surface area contributed by atoms with Crippen molar-refractivity contribution in [1.29, 1.82) is 0 Å². The normalized spacial score (nSPS) is 35.2. The lowest BCUT2D eigenvalue weighted by Gasteiger charge is -2.43. The van der Waals surface area contributed by atoms with Crippen molar-refractivity contribution in [3.63, 3.8) is 0 Å². The topological polar surface area (TPSA) is 81.8 Å². The number of amides is 4. The van der Waals surface area contributed by atoms with E-state index in [0.717, 1.165) is 24.4 Å². The number of carbonyl (C=O) groups is 3. The van der Waals surface area contributed by atoms with Gasteiger partial charge in [0.15, 0.2) is 0 Å². The third-order valence-corrected chi connectivity index (χ3v) is 5.74. The Bertz CT molecular complexity index is 591. The number of urea groups is 1. The Hall–Kier alpha value is -1.63. The van der Waals surface area contributed by atoms with Gasteiger partial charge in [0.1, 0.15) is 12.1 Å². The Morgan fingerprint density at radius 3 is 2.60 bits per heavy atom. The molecule has 2 saturated heterocycles. The fourth-order valence-corrected chi connectivity index (χ4v) is 5.09. The molecule has 140 valence electrons. The molecular weight excluding hydrogens is 320 g/mol. The molecule has 3 rings (SSSR count). The molecule has 25 heavy (non-hydrogen) atoms. The molecule has 1 saturated carbocycles. The highest BCUT2D eigenvalue weighted by Gasteiger charge is 2.56. The summed E-state index contributed by atoms with van der Waals surface area (Å²) in [6, 6.07) is -0.351. The van der Waals surface area contributed by atoms with E-state index >= 15 is 0 Å². The molecule has 2 aliphatic heterocycles. The lowest BCUT2D eigenvalue weighted by atomic mass is 9.64. The summed E-state index contributed by atoms with van der Waals surface area (Å²) < 4.78 is 0. The second kappa shape index (κ2) is 6.27. The first kappa shape index (κ1) is 18.2. The van der Waals surface area contributed by atoms with Gasteiger partial charge in [-0.1, -0.05) is 20.8 Å². The summed E-state index contributed by atoms with van der Waals surface area (Å²) in [7, 11) is 0. The third kappa shape index (κ3) is 3.38. The first-order valence-electron chi connectivity index (χ1n) is 9.28. The standard InChI is InChI=1S/C18H30N4O3/c1-12-7-17(3,4)11-18(8-12)15(24)22(16(25)20-18)10-14(23)21-6-5-19-9-13(21)2/h12-13,19H,5-11H2,1-4H3,(H,20,25)/t12?,13-,18?/m0/s1. The number of carbonyl (C=O) groups excluding carboxylic acids is 3. The van der Waals surface area contributed by atoms with E-state index in [1.165, 1.54) is 0 Å². The molecule has 3 atom stereocenters. The maximum Gasteiger partial charge on any atom is 0.325 e. The monoisotopic (exact) mass is 350 g/mol. The molecule has 2 heterocycles. The summed E-state index contributed by atoms with van der Waals surface area (Å²) in [6.45, 7) is 10.3.